The number of rotatable bonds is 21. The quantitative estimate of drug-likeness (QED) is 0.0344. The van der Waals surface area contributed by atoms with Crippen LogP contribution in [0.5, 0.6) is 11.6 Å². The fraction of sp³-hybridized carbons (Fsp3) is 0.581. The Hall–Kier alpha value is -4.83. The molecule has 12 heteroatoms. The van der Waals surface area contributed by atoms with Crippen LogP contribution in [-0.4, -0.2) is 68.3 Å². The van der Waals surface area contributed by atoms with E-state index in [0.717, 1.165) is 87.8 Å². The second-order valence-electron chi connectivity index (χ2n) is 15.8. The second kappa shape index (κ2) is 20.2. The Labute approximate surface area is 326 Å². The molecule has 2 aliphatic rings. The van der Waals surface area contributed by atoms with E-state index in [0.29, 0.717) is 67.6 Å². The van der Waals surface area contributed by atoms with Crippen LogP contribution in [-0.2, 0) is 9.53 Å². The van der Waals surface area contributed by atoms with E-state index in [9.17, 15) is 9.59 Å². The van der Waals surface area contributed by atoms with Crippen LogP contribution in [0.3, 0.4) is 0 Å². The van der Waals surface area contributed by atoms with Gasteiger partial charge in [-0.1, -0.05) is 44.3 Å². The number of pyridine rings is 2. The average molecular weight is 754 g/mol. The molecule has 1 amide bonds. The van der Waals surface area contributed by atoms with Gasteiger partial charge in [0.25, 0.3) is 5.91 Å². The molecule has 1 aliphatic heterocycles. The summed E-state index contributed by atoms with van der Waals surface area (Å²) in [6, 6.07) is 15.6. The Morgan fingerprint density at radius 1 is 1.05 bits per heavy atom. The molecule has 0 unspecified atom stereocenters. The molecule has 1 atom stereocenters. The number of benzene rings is 1. The van der Waals surface area contributed by atoms with Crippen molar-refractivity contribution in [2.75, 3.05) is 56.3 Å². The van der Waals surface area contributed by atoms with E-state index in [-0.39, 0.29) is 23.2 Å². The highest BCUT2D eigenvalue weighted by atomic mass is 16.5. The standard InChI is InChI=1S/C43H59N7O5/c1-6-54-41(51)28-37(33-14-15-33)34-18-23-45-40(26-34)55-29-32-19-24-49(25-20-32)38-27-35(53-5)16-17-36(38)42(52)50(39-13-11-12-31(2)47-39)30-43(3,4)21-9-7-8-10-22-46-48-44/h11-13,16-18,23,26-27,32-33,37H,6-10,14-15,19-22,24-25,28-30H2,1-5H3/t37-/m0/s1. The maximum atomic E-state index is 14.7. The van der Waals surface area contributed by atoms with Gasteiger partial charge in [0, 0.05) is 55.1 Å². The van der Waals surface area contributed by atoms with E-state index >= 15 is 0 Å². The van der Waals surface area contributed by atoms with E-state index in [1.165, 1.54) is 0 Å². The molecule has 1 saturated heterocycles. The van der Waals surface area contributed by atoms with Crippen LogP contribution in [0.15, 0.2) is 59.8 Å². The number of unbranched alkanes of at least 4 members (excludes halogenated alkanes) is 3. The van der Waals surface area contributed by atoms with Crippen molar-refractivity contribution < 1.29 is 23.8 Å². The van der Waals surface area contributed by atoms with Crippen molar-refractivity contribution in [3.05, 3.63) is 82.0 Å². The van der Waals surface area contributed by atoms with Crippen LogP contribution >= 0.6 is 0 Å². The molecule has 0 spiro atoms. The van der Waals surface area contributed by atoms with Gasteiger partial charge < -0.3 is 19.1 Å². The summed E-state index contributed by atoms with van der Waals surface area (Å²) in [6.07, 6.45) is 11.1. The number of hydrogen-bond acceptors (Lipinski definition) is 9. The summed E-state index contributed by atoms with van der Waals surface area (Å²) >= 11 is 0. The fourth-order valence-corrected chi connectivity index (χ4v) is 7.59. The van der Waals surface area contributed by atoms with Gasteiger partial charge in [0.05, 0.1) is 38.0 Å². The summed E-state index contributed by atoms with van der Waals surface area (Å²) < 4.78 is 17.2. The first-order valence-corrected chi connectivity index (χ1v) is 20.0. The average Bonchev–Trinajstić information content (AvgIpc) is 4.03. The topological polar surface area (TPSA) is 143 Å². The third-order valence-electron chi connectivity index (χ3n) is 10.8. The number of amides is 1. The van der Waals surface area contributed by atoms with Crippen LogP contribution in [0.1, 0.15) is 113 Å². The molecule has 2 fully saturated rings. The maximum absolute atomic E-state index is 14.7. The maximum Gasteiger partial charge on any atom is 0.306 e. The third kappa shape index (κ3) is 12.3. The van der Waals surface area contributed by atoms with E-state index < -0.39 is 0 Å². The van der Waals surface area contributed by atoms with Gasteiger partial charge >= 0.3 is 5.97 Å². The molecule has 1 aliphatic carbocycles. The summed E-state index contributed by atoms with van der Waals surface area (Å²) in [5.41, 5.74) is 11.8. The lowest BCUT2D eigenvalue weighted by Gasteiger charge is -2.36. The minimum absolute atomic E-state index is 0.0814. The van der Waals surface area contributed by atoms with Crippen LogP contribution in [0, 0.1) is 24.2 Å². The molecule has 12 nitrogen and oxygen atoms in total. The van der Waals surface area contributed by atoms with Crippen LogP contribution in [0.25, 0.3) is 10.4 Å². The number of hydrogen-bond donors (Lipinski definition) is 0. The minimum Gasteiger partial charge on any atom is -0.497 e. The van der Waals surface area contributed by atoms with E-state index in [2.05, 4.69) is 33.8 Å². The van der Waals surface area contributed by atoms with Gasteiger partial charge in [0.2, 0.25) is 5.88 Å². The van der Waals surface area contributed by atoms with Crippen molar-refractivity contribution in [3.8, 4) is 11.6 Å². The first-order chi connectivity index (χ1) is 26.6. The number of azide groups is 1. The molecule has 0 radical (unpaired) electrons. The van der Waals surface area contributed by atoms with E-state index in [1.54, 1.807) is 13.3 Å². The first kappa shape index (κ1) is 41.3. The smallest absolute Gasteiger partial charge is 0.306 e. The lowest BCUT2D eigenvalue weighted by atomic mass is 9.86. The Balaban J connectivity index is 1.25. The van der Waals surface area contributed by atoms with Gasteiger partial charge in [0.15, 0.2) is 0 Å². The van der Waals surface area contributed by atoms with Gasteiger partial charge in [-0.2, -0.15) is 0 Å². The molecule has 0 N–H and O–H groups in total. The predicted molar refractivity (Wildman–Crippen MR) is 216 cm³/mol. The van der Waals surface area contributed by atoms with Crippen molar-refractivity contribution in [2.24, 2.45) is 22.4 Å². The molecular weight excluding hydrogens is 695 g/mol. The van der Waals surface area contributed by atoms with E-state index in [4.69, 9.17) is 24.7 Å². The first-order valence-electron chi connectivity index (χ1n) is 20.0. The predicted octanol–water partition coefficient (Wildman–Crippen LogP) is 9.47. The zero-order chi connectivity index (χ0) is 39.2. The number of methoxy groups -OCH3 is 1. The SMILES string of the molecule is CCOC(=O)C[C@H](c1ccnc(OCC2CCN(c3cc(OC)ccc3C(=O)N(CC(C)(C)CCCCCCN=[N+]=[N-])c3cccc(C)n3)CC2)c1)C1CC1. The number of nitrogens with zero attached hydrogens (tertiary/aromatic N) is 7. The normalized spacial score (nSPS) is 15.2. The Morgan fingerprint density at radius 2 is 1.84 bits per heavy atom. The molecule has 5 rings (SSSR count). The van der Waals surface area contributed by atoms with Gasteiger partial charge in [-0.3, -0.25) is 14.5 Å². The highest BCUT2D eigenvalue weighted by Crippen LogP contribution is 2.45. The van der Waals surface area contributed by atoms with Crippen molar-refractivity contribution in [1.29, 1.82) is 0 Å². The third-order valence-corrected chi connectivity index (χ3v) is 10.8. The number of esters is 1. The molecule has 1 aromatic carbocycles. The number of aryl methyl sites for hydroxylation is 1. The zero-order valence-corrected chi connectivity index (χ0v) is 33.4. The number of ether oxygens (including phenoxy) is 3. The highest BCUT2D eigenvalue weighted by Gasteiger charge is 2.35. The highest BCUT2D eigenvalue weighted by molar-refractivity contribution is 6.09. The molecule has 1 saturated carbocycles. The van der Waals surface area contributed by atoms with Crippen LogP contribution in [0.2, 0.25) is 0 Å². The summed E-state index contributed by atoms with van der Waals surface area (Å²) in [4.78, 5) is 43.4. The summed E-state index contributed by atoms with van der Waals surface area (Å²) in [5, 5.41) is 3.64. The molecule has 3 aromatic rings. The number of anilines is 2. The summed E-state index contributed by atoms with van der Waals surface area (Å²) in [5.74, 6) is 2.67. The molecule has 3 heterocycles. The zero-order valence-electron chi connectivity index (χ0n) is 33.4. The van der Waals surface area contributed by atoms with Gasteiger partial charge in [0.1, 0.15) is 11.6 Å². The summed E-state index contributed by atoms with van der Waals surface area (Å²) in [7, 11) is 1.65. The van der Waals surface area contributed by atoms with Crippen molar-refractivity contribution in [1.82, 2.24) is 9.97 Å². The van der Waals surface area contributed by atoms with Gasteiger partial charge in [-0.25, -0.2) is 9.97 Å². The van der Waals surface area contributed by atoms with E-state index in [1.807, 2.05) is 67.3 Å². The minimum atomic E-state index is -0.162. The second-order valence-corrected chi connectivity index (χ2v) is 15.8. The Morgan fingerprint density at radius 3 is 2.55 bits per heavy atom. The van der Waals surface area contributed by atoms with Crippen LogP contribution in [0.4, 0.5) is 11.5 Å². The lowest BCUT2D eigenvalue weighted by Crippen LogP contribution is -2.41. The Bertz CT molecular complexity index is 1770. The molecule has 296 valence electrons. The lowest BCUT2D eigenvalue weighted by molar-refractivity contribution is -0.143. The monoisotopic (exact) mass is 753 g/mol. The van der Waals surface area contributed by atoms with Gasteiger partial charge in [-0.15, -0.1) is 0 Å². The number of piperidine rings is 1. The molecular formula is C43H59N7O5. The number of carbonyl (C=O) groups excluding carboxylic acids is 2. The van der Waals surface area contributed by atoms with Crippen molar-refractivity contribution in [3.63, 3.8) is 0 Å². The number of aromatic nitrogens is 2. The van der Waals surface area contributed by atoms with Crippen molar-refractivity contribution in [2.45, 2.75) is 97.8 Å². The van der Waals surface area contributed by atoms with Gasteiger partial charge in [-0.05, 0) is 117 Å². The molecule has 55 heavy (non-hydrogen) atoms. The molecule has 0 bridgehead atoms. The van der Waals surface area contributed by atoms with Crippen LogP contribution < -0.4 is 19.3 Å². The number of carbonyl (C=O) groups is 2. The largest absolute Gasteiger partial charge is 0.497 e. The Kier molecular flexibility index (Phi) is 15.2. The molecule has 2 aromatic heterocycles. The summed E-state index contributed by atoms with van der Waals surface area (Å²) in [6.45, 7) is 11.7. The van der Waals surface area contributed by atoms with Crippen molar-refractivity contribution >= 4 is 23.4 Å². The fourth-order valence-electron chi connectivity index (χ4n) is 7.59.